The van der Waals surface area contributed by atoms with Gasteiger partial charge in [0, 0.05) is 31.0 Å². The van der Waals surface area contributed by atoms with E-state index in [-0.39, 0.29) is 11.9 Å². The molecule has 0 saturated heterocycles. The second-order valence-corrected chi connectivity index (χ2v) is 5.44. The van der Waals surface area contributed by atoms with Crippen LogP contribution in [0.5, 0.6) is 0 Å². The number of rotatable bonds is 6. The van der Waals surface area contributed by atoms with Gasteiger partial charge in [-0.2, -0.15) is 0 Å². The summed E-state index contributed by atoms with van der Waals surface area (Å²) in [6.45, 7) is 2.98. The molecule has 1 atom stereocenters. The third kappa shape index (κ3) is 4.78. The van der Waals surface area contributed by atoms with E-state index in [1.54, 1.807) is 19.0 Å². The number of amides is 1. The molecule has 0 unspecified atom stereocenters. The summed E-state index contributed by atoms with van der Waals surface area (Å²) in [6, 6.07) is 8.48. The minimum Gasteiger partial charge on any atom is -0.349 e. The summed E-state index contributed by atoms with van der Waals surface area (Å²) in [5.41, 5.74) is 1.25. The van der Waals surface area contributed by atoms with Gasteiger partial charge in [-0.05, 0) is 31.5 Å². The average Bonchev–Trinajstić information content (AvgIpc) is 2.34. The van der Waals surface area contributed by atoms with Crippen molar-refractivity contribution < 1.29 is 4.79 Å². The molecule has 1 rings (SSSR count). The fraction of sp³-hybridized carbons (Fsp3) is 0.500. The van der Waals surface area contributed by atoms with Gasteiger partial charge in [0.2, 0.25) is 5.91 Å². The highest BCUT2D eigenvalue weighted by molar-refractivity contribution is 9.10. The van der Waals surface area contributed by atoms with Crippen molar-refractivity contribution in [3.63, 3.8) is 0 Å². The van der Waals surface area contributed by atoms with E-state index < -0.39 is 0 Å². The number of halogens is 1. The molecule has 0 aromatic heterocycles. The second kappa shape index (κ2) is 7.54. The molecule has 100 valence electrons. The predicted octanol–water partition coefficient (Wildman–Crippen LogP) is 2.97. The number of hydrogen-bond donors (Lipinski definition) is 1. The van der Waals surface area contributed by atoms with Crippen molar-refractivity contribution in [2.24, 2.45) is 0 Å². The summed E-state index contributed by atoms with van der Waals surface area (Å²) in [5, 5.41) is 3.43. The summed E-state index contributed by atoms with van der Waals surface area (Å²) in [7, 11) is 3.58. The van der Waals surface area contributed by atoms with Crippen LogP contribution in [-0.4, -0.2) is 31.4 Å². The third-order valence-electron chi connectivity index (χ3n) is 2.89. The van der Waals surface area contributed by atoms with Crippen LogP contribution in [0.4, 0.5) is 0 Å². The van der Waals surface area contributed by atoms with Crippen molar-refractivity contribution in [3.8, 4) is 0 Å². The lowest BCUT2D eigenvalue weighted by molar-refractivity contribution is -0.128. The van der Waals surface area contributed by atoms with E-state index in [2.05, 4.69) is 34.2 Å². The van der Waals surface area contributed by atoms with Crippen LogP contribution in [-0.2, 0) is 4.79 Å². The van der Waals surface area contributed by atoms with Crippen molar-refractivity contribution in [1.82, 2.24) is 10.2 Å². The van der Waals surface area contributed by atoms with Crippen molar-refractivity contribution in [2.75, 3.05) is 20.6 Å². The third-order valence-corrected chi connectivity index (χ3v) is 3.61. The molecular formula is C14H21BrN2O. The molecule has 0 fully saturated rings. The van der Waals surface area contributed by atoms with Gasteiger partial charge in [-0.1, -0.05) is 34.1 Å². The van der Waals surface area contributed by atoms with Gasteiger partial charge < -0.3 is 10.2 Å². The van der Waals surface area contributed by atoms with Crippen LogP contribution < -0.4 is 5.32 Å². The van der Waals surface area contributed by atoms with Gasteiger partial charge in [-0.15, -0.1) is 0 Å². The first-order chi connectivity index (χ1) is 8.52. The van der Waals surface area contributed by atoms with Gasteiger partial charge in [-0.3, -0.25) is 4.79 Å². The molecule has 0 radical (unpaired) electrons. The van der Waals surface area contributed by atoms with Crippen LogP contribution in [0.25, 0.3) is 0 Å². The van der Waals surface area contributed by atoms with Crippen LogP contribution in [0.2, 0.25) is 0 Å². The quantitative estimate of drug-likeness (QED) is 0.819. The average molecular weight is 313 g/mol. The van der Waals surface area contributed by atoms with E-state index in [9.17, 15) is 4.79 Å². The Labute approximate surface area is 118 Å². The van der Waals surface area contributed by atoms with Crippen molar-refractivity contribution >= 4 is 21.8 Å². The van der Waals surface area contributed by atoms with Gasteiger partial charge in [0.15, 0.2) is 0 Å². The molecule has 18 heavy (non-hydrogen) atoms. The fourth-order valence-corrected chi connectivity index (χ4v) is 2.35. The molecule has 0 aliphatic heterocycles. The van der Waals surface area contributed by atoms with E-state index >= 15 is 0 Å². The Morgan fingerprint density at radius 3 is 2.67 bits per heavy atom. The normalized spacial score (nSPS) is 12.2. The number of hydrogen-bond acceptors (Lipinski definition) is 2. The maximum atomic E-state index is 11.4. The second-order valence-electron chi connectivity index (χ2n) is 4.59. The van der Waals surface area contributed by atoms with Gasteiger partial charge >= 0.3 is 0 Å². The lowest BCUT2D eigenvalue weighted by Crippen LogP contribution is -2.24. The lowest BCUT2D eigenvalue weighted by atomic mass is 10.1. The molecule has 0 aliphatic rings. The SMILES string of the molecule is C[C@@H](NCCCC(=O)N(C)C)c1ccccc1Br. The summed E-state index contributed by atoms with van der Waals surface area (Å²) in [6.07, 6.45) is 1.47. The Kier molecular flexibility index (Phi) is 6.36. The summed E-state index contributed by atoms with van der Waals surface area (Å²) in [5.74, 6) is 0.186. The van der Waals surface area contributed by atoms with Gasteiger partial charge in [-0.25, -0.2) is 0 Å². The van der Waals surface area contributed by atoms with Crippen LogP contribution >= 0.6 is 15.9 Å². The maximum absolute atomic E-state index is 11.4. The molecule has 0 aliphatic carbocycles. The molecule has 1 N–H and O–H groups in total. The zero-order chi connectivity index (χ0) is 13.5. The van der Waals surface area contributed by atoms with E-state index in [1.807, 2.05) is 18.2 Å². The van der Waals surface area contributed by atoms with Gasteiger partial charge in [0.05, 0.1) is 0 Å². The number of nitrogens with zero attached hydrogens (tertiary/aromatic N) is 1. The minimum atomic E-state index is 0.186. The van der Waals surface area contributed by atoms with Crippen LogP contribution in [0.3, 0.4) is 0 Å². The summed E-state index contributed by atoms with van der Waals surface area (Å²) >= 11 is 3.55. The van der Waals surface area contributed by atoms with Crippen LogP contribution in [0.15, 0.2) is 28.7 Å². The predicted molar refractivity (Wildman–Crippen MR) is 78.5 cm³/mol. The van der Waals surface area contributed by atoms with Crippen molar-refractivity contribution in [2.45, 2.75) is 25.8 Å². The van der Waals surface area contributed by atoms with E-state index in [0.29, 0.717) is 6.42 Å². The van der Waals surface area contributed by atoms with E-state index in [0.717, 1.165) is 17.4 Å². The number of nitrogens with one attached hydrogen (secondary N) is 1. The van der Waals surface area contributed by atoms with E-state index in [4.69, 9.17) is 0 Å². The standard InChI is InChI=1S/C14H21BrN2O/c1-11(12-7-4-5-8-13(12)15)16-10-6-9-14(18)17(2)3/h4-5,7-8,11,16H,6,9-10H2,1-3H3/t11-/m1/s1. The number of carbonyl (C=O) groups excluding carboxylic acids is 1. The largest absolute Gasteiger partial charge is 0.349 e. The smallest absolute Gasteiger partial charge is 0.222 e. The van der Waals surface area contributed by atoms with Crippen LogP contribution in [0.1, 0.15) is 31.4 Å². The maximum Gasteiger partial charge on any atom is 0.222 e. The van der Waals surface area contributed by atoms with Crippen molar-refractivity contribution in [3.05, 3.63) is 34.3 Å². The summed E-state index contributed by atoms with van der Waals surface area (Å²) in [4.78, 5) is 13.0. The van der Waals surface area contributed by atoms with Crippen molar-refractivity contribution in [1.29, 1.82) is 0 Å². The number of benzene rings is 1. The first-order valence-electron chi connectivity index (χ1n) is 6.20. The molecule has 0 saturated carbocycles. The zero-order valence-corrected chi connectivity index (χ0v) is 12.8. The highest BCUT2D eigenvalue weighted by atomic mass is 79.9. The molecule has 3 nitrogen and oxygen atoms in total. The molecule has 0 spiro atoms. The first-order valence-corrected chi connectivity index (χ1v) is 6.99. The Morgan fingerprint density at radius 1 is 1.39 bits per heavy atom. The molecule has 0 bridgehead atoms. The van der Waals surface area contributed by atoms with Gasteiger partial charge in [0.1, 0.15) is 0 Å². The topological polar surface area (TPSA) is 32.3 Å². The first kappa shape index (κ1) is 15.2. The molecule has 0 heterocycles. The highest BCUT2D eigenvalue weighted by Crippen LogP contribution is 2.22. The number of carbonyl (C=O) groups is 1. The van der Waals surface area contributed by atoms with E-state index in [1.165, 1.54) is 5.56 Å². The van der Waals surface area contributed by atoms with Gasteiger partial charge in [0.25, 0.3) is 0 Å². The highest BCUT2D eigenvalue weighted by Gasteiger charge is 2.08. The Hall–Kier alpha value is -0.870. The minimum absolute atomic E-state index is 0.186. The lowest BCUT2D eigenvalue weighted by Gasteiger charge is -2.16. The van der Waals surface area contributed by atoms with Crippen LogP contribution in [0, 0.1) is 0 Å². The summed E-state index contributed by atoms with van der Waals surface area (Å²) < 4.78 is 1.12. The molecule has 4 heteroatoms. The molecular weight excluding hydrogens is 292 g/mol. The zero-order valence-electron chi connectivity index (χ0n) is 11.2. The molecule has 1 amide bonds. The molecule has 1 aromatic carbocycles. The fourth-order valence-electron chi connectivity index (χ4n) is 1.72. The Morgan fingerprint density at radius 2 is 2.06 bits per heavy atom. The Balaban J connectivity index is 2.32. The molecule has 1 aromatic rings. The monoisotopic (exact) mass is 312 g/mol. The Bertz CT molecular complexity index is 393.